The summed E-state index contributed by atoms with van der Waals surface area (Å²) >= 11 is 0. The van der Waals surface area contributed by atoms with Crippen LogP contribution in [0.4, 0.5) is 0 Å². The molecule has 0 spiro atoms. The lowest BCUT2D eigenvalue weighted by atomic mass is 10.0. The van der Waals surface area contributed by atoms with Gasteiger partial charge in [-0.1, -0.05) is 13.8 Å². The molecule has 0 saturated carbocycles. The van der Waals surface area contributed by atoms with Crippen LogP contribution in [0.15, 0.2) is 0 Å². The van der Waals surface area contributed by atoms with Crippen molar-refractivity contribution in [1.82, 2.24) is 15.1 Å². The van der Waals surface area contributed by atoms with Gasteiger partial charge in [-0.2, -0.15) is 0 Å². The van der Waals surface area contributed by atoms with Crippen molar-refractivity contribution < 1.29 is 9.53 Å². The molecule has 2 fully saturated rings. The Kier molecular flexibility index (Phi) is 5.60. The normalized spacial score (nSPS) is 28.8. The molecule has 1 N–H and O–H groups in total. The molecule has 0 aromatic rings. The van der Waals surface area contributed by atoms with Crippen molar-refractivity contribution in [3.8, 4) is 0 Å². The number of nitrogens with one attached hydrogen (secondary N) is 1. The van der Waals surface area contributed by atoms with E-state index in [1.165, 1.54) is 0 Å². The van der Waals surface area contributed by atoms with Crippen molar-refractivity contribution in [2.45, 2.75) is 26.3 Å². The zero-order valence-electron chi connectivity index (χ0n) is 12.2. The quantitative estimate of drug-likeness (QED) is 0.772. The molecule has 2 saturated heterocycles. The molecule has 2 aliphatic rings. The van der Waals surface area contributed by atoms with Gasteiger partial charge in [-0.05, 0) is 19.5 Å². The van der Waals surface area contributed by atoms with Gasteiger partial charge in [0.05, 0.1) is 19.1 Å². The summed E-state index contributed by atoms with van der Waals surface area (Å²) in [5.41, 5.74) is 0. The van der Waals surface area contributed by atoms with Crippen molar-refractivity contribution in [3.05, 3.63) is 0 Å². The van der Waals surface area contributed by atoms with E-state index in [4.69, 9.17) is 4.74 Å². The van der Waals surface area contributed by atoms with Crippen molar-refractivity contribution in [2.24, 2.45) is 5.92 Å². The molecule has 19 heavy (non-hydrogen) atoms. The van der Waals surface area contributed by atoms with Crippen molar-refractivity contribution in [2.75, 3.05) is 52.5 Å². The molecule has 2 atom stereocenters. The Bertz CT molecular complexity index is 290. The van der Waals surface area contributed by atoms with Gasteiger partial charge in [0, 0.05) is 32.2 Å². The summed E-state index contributed by atoms with van der Waals surface area (Å²) in [6.07, 6.45) is 1.09. The Morgan fingerprint density at radius 1 is 1.21 bits per heavy atom. The fourth-order valence-electron chi connectivity index (χ4n) is 2.85. The number of rotatable bonds is 5. The molecule has 2 aliphatic heterocycles. The minimum atomic E-state index is 0.0136. The topological polar surface area (TPSA) is 44.8 Å². The van der Waals surface area contributed by atoms with Crippen molar-refractivity contribution in [1.29, 1.82) is 0 Å². The summed E-state index contributed by atoms with van der Waals surface area (Å²) in [7, 11) is 0. The van der Waals surface area contributed by atoms with Crippen LogP contribution in [-0.4, -0.2) is 74.2 Å². The number of amides is 1. The highest BCUT2D eigenvalue weighted by Crippen LogP contribution is 2.18. The van der Waals surface area contributed by atoms with Gasteiger partial charge in [-0.15, -0.1) is 0 Å². The van der Waals surface area contributed by atoms with E-state index >= 15 is 0 Å². The summed E-state index contributed by atoms with van der Waals surface area (Å²) in [5.74, 6) is 0.293. The maximum atomic E-state index is 12.6. The number of hydrogen-bond acceptors (Lipinski definition) is 4. The maximum absolute atomic E-state index is 12.6. The highest BCUT2D eigenvalue weighted by atomic mass is 16.5. The van der Waals surface area contributed by atoms with Gasteiger partial charge in [0.25, 0.3) is 0 Å². The molecule has 2 heterocycles. The van der Waals surface area contributed by atoms with Crippen LogP contribution in [0.1, 0.15) is 20.3 Å². The maximum Gasteiger partial charge on any atom is 0.229 e. The lowest BCUT2D eigenvalue weighted by Crippen LogP contribution is -2.53. The summed E-state index contributed by atoms with van der Waals surface area (Å²) in [5, 5.41) is 3.44. The molecule has 0 aliphatic carbocycles. The Balaban J connectivity index is 1.85. The highest BCUT2D eigenvalue weighted by Gasteiger charge is 2.36. The second kappa shape index (κ2) is 7.22. The second-order valence-corrected chi connectivity index (χ2v) is 5.46. The van der Waals surface area contributed by atoms with Crippen LogP contribution in [0.5, 0.6) is 0 Å². The minimum absolute atomic E-state index is 0.0136. The Labute approximate surface area is 116 Å². The number of carbonyl (C=O) groups is 1. The van der Waals surface area contributed by atoms with Gasteiger partial charge in [-0.25, -0.2) is 0 Å². The van der Waals surface area contributed by atoms with Crippen molar-refractivity contribution in [3.63, 3.8) is 0 Å². The predicted molar refractivity (Wildman–Crippen MR) is 75.1 cm³/mol. The Morgan fingerprint density at radius 2 is 1.95 bits per heavy atom. The average Bonchev–Trinajstić information content (AvgIpc) is 2.92. The molecular formula is C14H27N3O2. The van der Waals surface area contributed by atoms with Gasteiger partial charge in [0.15, 0.2) is 0 Å². The lowest BCUT2D eigenvalue weighted by Gasteiger charge is -2.36. The van der Waals surface area contributed by atoms with E-state index in [0.717, 1.165) is 45.7 Å². The molecule has 0 bridgehead atoms. The van der Waals surface area contributed by atoms with E-state index in [0.29, 0.717) is 13.2 Å². The van der Waals surface area contributed by atoms with Crippen LogP contribution >= 0.6 is 0 Å². The molecule has 0 aromatic heterocycles. The van der Waals surface area contributed by atoms with E-state index in [1.807, 2.05) is 4.90 Å². The van der Waals surface area contributed by atoms with E-state index in [2.05, 4.69) is 24.1 Å². The largest absolute Gasteiger partial charge is 0.379 e. The molecule has 2 rings (SSSR count). The molecule has 0 radical (unpaired) electrons. The van der Waals surface area contributed by atoms with E-state index in [9.17, 15) is 4.79 Å². The number of piperazine rings is 1. The standard InChI is InChI=1S/C14H27N3O2/c1-3-5-15-13-11-19-10-12(13)14(18)17-8-6-16(4-2)7-9-17/h12-13,15H,3-11H2,1-2H3. The van der Waals surface area contributed by atoms with Gasteiger partial charge in [-0.3, -0.25) is 4.79 Å². The Hall–Kier alpha value is -0.650. The molecule has 2 unspecified atom stereocenters. The number of hydrogen-bond donors (Lipinski definition) is 1. The van der Waals surface area contributed by atoms with Crippen LogP contribution in [0.25, 0.3) is 0 Å². The zero-order valence-corrected chi connectivity index (χ0v) is 12.2. The lowest BCUT2D eigenvalue weighted by molar-refractivity contribution is -0.137. The molecule has 5 nitrogen and oxygen atoms in total. The van der Waals surface area contributed by atoms with Crippen LogP contribution in [-0.2, 0) is 9.53 Å². The van der Waals surface area contributed by atoms with Gasteiger partial charge in [0.1, 0.15) is 0 Å². The molecular weight excluding hydrogens is 242 g/mol. The van der Waals surface area contributed by atoms with E-state index < -0.39 is 0 Å². The van der Waals surface area contributed by atoms with Crippen molar-refractivity contribution >= 4 is 5.91 Å². The monoisotopic (exact) mass is 269 g/mol. The third-order valence-electron chi connectivity index (χ3n) is 4.19. The highest BCUT2D eigenvalue weighted by molar-refractivity contribution is 5.80. The predicted octanol–water partition coefficient (Wildman–Crippen LogP) is 0.165. The zero-order chi connectivity index (χ0) is 13.7. The summed E-state index contributed by atoms with van der Waals surface area (Å²) < 4.78 is 5.50. The van der Waals surface area contributed by atoms with Crippen LogP contribution in [0, 0.1) is 5.92 Å². The van der Waals surface area contributed by atoms with Gasteiger partial charge < -0.3 is 19.9 Å². The third kappa shape index (κ3) is 3.68. The average molecular weight is 269 g/mol. The summed E-state index contributed by atoms with van der Waals surface area (Å²) in [4.78, 5) is 17.0. The van der Waals surface area contributed by atoms with Gasteiger partial charge >= 0.3 is 0 Å². The summed E-state index contributed by atoms with van der Waals surface area (Å²) in [6, 6.07) is 0.205. The second-order valence-electron chi connectivity index (χ2n) is 5.46. The van der Waals surface area contributed by atoms with Crippen LogP contribution < -0.4 is 5.32 Å². The van der Waals surface area contributed by atoms with Crippen LogP contribution in [0.2, 0.25) is 0 Å². The fourth-order valence-corrected chi connectivity index (χ4v) is 2.85. The number of nitrogens with zero attached hydrogens (tertiary/aromatic N) is 2. The molecule has 1 amide bonds. The number of likely N-dealkylation sites (N-methyl/N-ethyl adjacent to an activating group) is 1. The smallest absolute Gasteiger partial charge is 0.229 e. The van der Waals surface area contributed by atoms with E-state index in [-0.39, 0.29) is 17.9 Å². The number of ether oxygens (including phenoxy) is 1. The first kappa shape index (κ1) is 14.8. The summed E-state index contributed by atoms with van der Waals surface area (Å²) in [6.45, 7) is 11.3. The minimum Gasteiger partial charge on any atom is -0.379 e. The van der Waals surface area contributed by atoms with Crippen LogP contribution in [0.3, 0.4) is 0 Å². The first-order chi connectivity index (χ1) is 9.26. The SMILES string of the molecule is CCCNC1COCC1C(=O)N1CCN(CC)CC1. The first-order valence-corrected chi connectivity index (χ1v) is 7.58. The molecule has 110 valence electrons. The first-order valence-electron chi connectivity index (χ1n) is 7.58. The fraction of sp³-hybridized carbons (Fsp3) is 0.929. The Morgan fingerprint density at radius 3 is 2.58 bits per heavy atom. The van der Waals surface area contributed by atoms with Gasteiger partial charge in [0.2, 0.25) is 5.91 Å². The number of carbonyl (C=O) groups excluding carboxylic acids is 1. The molecule has 5 heteroatoms. The molecule has 0 aromatic carbocycles. The third-order valence-corrected chi connectivity index (χ3v) is 4.19. The van der Waals surface area contributed by atoms with E-state index in [1.54, 1.807) is 0 Å².